The molecule has 5 nitrogen and oxygen atoms in total. The van der Waals surface area contributed by atoms with E-state index < -0.39 is 6.04 Å². The second-order valence-electron chi connectivity index (χ2n) is 6.43. The Kier molecular flexibility index (Phi) is 4.54. The van der Waals surface area contributed by atoms with Gasteiger partial charge in [0, 0.05) is 23.2 Å². The predicted molar refractivity (Wildman–Crippen MR) is 105 cm³/mol. The van der Waals surface area contributed by atoms with Gasteiger partial charge in [0.1, 0.15) is 6.04 Å². The van der Waals surface area contributed by atoms with Gasteiger partial charge in [-0.1, -0.05) is 53.2 Å². The molecule has 1 aromatic heterocycles. The monoisotopic (exact) mass is 379 g/mol. The van der Waals surface area contributed by atoms with Gasteiger partial charge in [-0.05, 0) is 24.6 Å². The lowest BCUT2D eigenvalue weighted by Crippen LogP contribution is -2.20. The number of aryl methyl sites for hydroxylation is 1. The summed E-state index contributed by atoms with van der Waals surface area (Å²) in [6.45, 7) is 1.91. The average molecular weight is 380 g/mol. The fourth-order valence-corrected chi connectivity index (χ4v) is 3.51. The first-order chi connectivity index (χ1) is 13.1. The highest BCUT2D eigenvalue weighted by Gasteiger charge is 2.31. The van der Waals surface area contributed by atoms with Crippen molar-refractivity contribution < 1.29 is 9.32 Å². The van der Waals surface area contributed by atoms with Crippen LogP contribution >= 0.6 is 11.6 Å². The Balaban J connectivity index is 1.97. The summed E-state index contributed by atoms with van der Waals surface area (Å²) in [5.41, 5.74) is 5.41. The average Bonchev–Trinajstić information content (AvgIpc) is 3.00. The minimum atomic E-state index is -0.459. The van der Waals surface area contributed by atoms with Crippen molar-refractivity contribution in [2.75, 3.05) is 7.05 Å². The molecule has 4 rings (SSSR count). The molecule has 3 aromatic rings. The molecule has 2 aromatic carbocycles. The number of hydrogen-bond donors (Lipinski definition) is 1. The van der Waals surface area contributed by atoms with Gasteiger partial charge in [0.25, 0.3) is 0 Å². The maximum absolute atomic E-state index is 12.1. The van der Waals surface area contributed by atoms with Gasteiger partial charge in [-0.2, -0.15) is 0 Å². The molecule has 0 fully saturated rings. The molecule has 0 unspecified atom stereocenters. The fraction of sp³-hybridized carbons (Fsp3) is 0.190. The van der Waals surface area contributed by atoms with E-state index in [0.717, 1.165) is 33.7 Å². The highest BCUT2D eigenvalue weighted by atomic mass is 35.5. The fourth-order valence-electron chi connectivity index (χ4n) is 3.39. The zero-order valence-electron chi connectivity index (χ0n) is 15.0. The quantitative estimate of drug-likeness (QED) is 0.736. The van der Waals surface area contributed by atoms with Crippen molar-refractivity contribution in [2.45, 2.75) is 19.4 Å². The van der Waals surface area contributed by atoms with Crippen LogP contribution in [0.3, 0.4) is 0 Å². The number of amides is 1. The number of carbonyl (C=O) groups excluding carboxylic acids is 1. The third-order valence-corrected chi connectivity index (χ3v) is 4.96. The highest BCUT2D eigenvalue weighted by Crippen LogP contribution is 2.40. The van der Waals surface area contributed by atoms with Gasteiger partial charge in [-0.15, -0.1) is 0 Å². The van der Waals surface area contributed by atoms with Crippen molar-refractivity contribution in [3.63, 3.8) is 0 Å². The summed E-state index contributed by atoms with van der Waals surface area (Å²) in [6, 6.07) is 15.1. The second-order valence-corrected chi connectivity index (χ2v) is 6.87. The third kappa shape index (κ3) is 3.15. The van der Waals surface area contributed by atoms with E-state index in [1.165, 1.54) is 0 Å². The SMILES string of the molecule is CNC(=O)C[C@@H]1N=C(c2ccc(Cl)cc2)c2ccccc2-c2c(C)noc21. The second kappa shape index (κ2) is 7.00. The molecule has 1 aliphatic heterocycles. The Morgan fingerprint density at radius 1 is 1.15 bits per heavy atom. The van der Waals surface area contributed by atoms with Gasteiger partial charge in [0.15, 0.2) is 5.76 Å². The van der Waals surface area contributed by atoms with Gasteiger partial charge in [0.2, 0.25) is 5.91 Å². The summed E-state index contributed by atoms with van der Waals surface area (Å²) in [5.74, 6) is 0.512. The van der Waals surface area contributed by atoms with E-state index in [2.05, 4.69) is 10.5 Å². The van der Waals surface area contributed by atoms with Crippen LogP contribution in [0.5, 0.6) is 0 Å². The van der Waals surface area contributed by atoms with E-state index >= 15 is 0 Å². The van der Waals surface area contributed by atoms with Crippen LogP contribution in [0.2, 0.25) is 5.02 Å². The van der Waals surface area contributed by atoms with Gasteiger partial charge < -0.3 is 9.84 Å². The molecule has 0 saturated carbocycles. The lowest BCUT2D eigenvalue weighted by molar-refractivity contribution is -0.121. The lowest BCUT2D eigenvalue weighted by atomic mass is 9.93. The molecule has 1 N–H and O–H groups in total. The molecule has 1 aliphatic rings. The van der Waals surface area contributed by atoms with Crippen molar-refractivity contribution in [2.24, 2.45) is 4.99 Å². The Morgan fingerprint density at radius 2 is 1.85 bits per heavy atom. The van der Waals surface area contributed by atoms with Crippen molar-refractivity contribution in [1.29, 1.82) is 0 Å². The van der Waals surface area contributed by atoms with Crippen LogP contribution in [0.25, 0.3) is 11.1 Å². The molecular formula is C21H18ClN3O2. The number of carbonyl (C=O) groups is 1. The summed E-state index contributed by atoms with van der Waals surface area (Å²) < 4.78 is 5.63. The van der Waals surface area contributed by atoms with Crippen LogP contribution < -0.4 is 5.32 Å². The molecule has 6 heteroatoms. The zero-order chi connectivity index (χ0) is 19.0. The predicted octanol–water partition coefficient (Wildman–Crippen LogP) is 4.33. The van der Waals surface area contributed by atoms with Crippen LogP contribution in [0, 0.1) is 6.92 Å². The van der Waals surface area contributed by atoms with E-state index in [4.69, 9.17) is 21.1 Å². The van der Waals surface area contributed by atoms with Crippen molar-refractivity contribution in [3.05, 3.63) is 76.1 Å². The number of nitrogens with one attached hydrogen (secondary N) is 1. The first kappa shape index (κ1) is 17.5. The maximum atomic E-state index is 12.1. The smallest absolute Gasteiger partial charge is 0.222 e. The highest BCUT2D eigenvalue weighted by molar-refractivity contribution is 6.30. The van der Waals surface area contributed by atoms with E-state index in [1.54, 1.807) is 7.05 Å². The van der Waals surface area contributed by atoms with E-state index in [-0.39, 0.29) is 12.3 Å². The standard InChI is InChI=1S/C21H18ClN3O2/c1-12-19-15-5-3-4-6-16(15)20(13-7-9-14(22)10-8-13)24-17(11-18(26)23-2)21(19)27-25-12/h3-10,17H,11H2,1-2H3,(H,23,26)/t17-/m0/s1. The summed E-state index contributed by atoms with van der Waals surface area (Å²) >= 11 is 6.06. The van der Waals surface area contributed by atoms with Crippen LogP contribution in [0.4, 0.5) is 0 Å². The van der Waals surface area contributed by atoms with Crippen LogP contribution in [-0.4, -0.2) is 23.8 Å². The summed E-state index contributed by atoms with van der Waals surface area (Å²) in [5, 5.41) is 7.47. The molecule has 0 radical (unpaired) electrons. The van der Waals surface area contributed by atoms with Crippen molar-refractivity contribution in [1.82, 2.24) is 10.5 Å². The van der Waals surface area contributed by atoms with Crippen LogP contribution in [0.1, 0.15) is 35.0 Å². The Labute approximate surface area is 162 Å². The van der Waals surface area contributed by atoms with Gasteiger partial charge in [0.05, 0.1) is 23.4 Å². The third-order valence-electron chi connectivity index (χ3n) is 4.70. The summed E-state index contributed by atoms with van der Waals surface area (Å²) in [4.78, 5) is 17.0. The number of aromatic nitrogens is 1. The number of benzene rings is 2. The molecule has 2 heterocycles. The van der Waals surface area contributed by atoms with Crippen LogP contribution in [-0.2, 0) is 4.79 Å². The van der Waals surface area contributed by atoms with Crippen LogP contribution in [0.15, 0.2) is 58.0 Å². The molecular weight excluding hydrogens is 362 g/mol. The normalized spacial score (nSPS) is 15.4. The molecule has 27 heavy (non-hydrogen) atoms. The molecule has 136 valence electrons. The molecule has 0 aliphatic carbocycles. The minimum Gasteiger partial charge on any atom is -0.359 e. The summed E-state index contributed by atoms with van der Waals surface area (Å²) in [6.07, 6.45) is 0.184. The number of aliphatic imine (C=N–C) groups is 1. The molecule has 0 saturated heterocycles. The number of rotatable bonds is 3. The van der Waals surface area contributed by atoms with Gasteiger partial charge in [-0.25, -0.2) is 0 Å². The van der Waals surface area contributed by atoms with Crippen molar-refractivity contribution in [3.8, 4) is 11.1 Å². The van der Waals surface area contributed by atoms with E-state index in [0.29, 0.717) is 10.8 Å². The van der Waals surface area contributed by atoms with E-state index in [1.807, 2.05) is 55.5 Å². The van der Waals surface area contributed by atoms with Gasteiger partial charge in [-0.3, -0.25) is 9.79 Å². The first-order valence-electron chi connectivity index (χ1n) is 8.68. The zero-order valence-corrected chi connectivity index (χ0v) is 15.7. The molecule has 1 atom stereocenters. The maximum Gasteiger partial charge on any atom is 0.222 e. The molecule has 1 amide bonds. The van der Waals surface area contributed by atoms with E-state index in [9.17, 15) is 4.79 Å². The van der Waals surface area contributed by atoms with Crippen molar-refractivity contribution >= 4 is 23.2 Å². The van der Waals surface area contributed by atoms with Gasteiger partial charge >= 0.3 is 0 Å². The number of halogens is 1. The first-order valence-corrected chi connectivity index (χ1v) is 9.06. The Morgan fingerprint density at radius 3 is 2.56 bits per heavy atom. The molecule has 0 bridgehead atoms. The minimum absolute atomic E-state index is 0.106. The Bertz CT molecular complexity index is 1040. The lowest BCUT2D eigenvalue weighted by Gasteiger charge is -2.12. The Hall–Kier alpha value is -2.92. The largest absolute Gasteiger partial charge is 0.359 e. The molecule has 0 spiro atoms. The number of hydrogen-bond acceptors (Lipinski definition) is 4. The topological polar surface area (TPSA) is 67.5 Å². The summed E-state index contributed by atoms with van der Waals surface area (Å²) in [7, 11) is 1.62. The number of nitrogens with zero attached hydrogens (tertiary/aromatic N) is 2. The number of fused-ring (bicyclic) bond motifs is 3.